The molecule has 2 rings (SSSR count). The van der Waals surface area contributed by atoms with Gasteiger partial charge in [-0.2, -0.15) is 0 Å². The molecule has 0 amide bonds. The van der Waals surface area contributed by atoms with Crippen molar-refractivity contribution in [1.82, 2.24) is 0 Å². The Hall–Kier alpha value is -1.30. The fraction of sp³-hybridized carbons (Fsp3) is 0.231. The molecule has 1 aliphatic rings. The summed E-state index contributed by atoms with van der Waals surface area (Å²) in [7, 11) is 0. The molecule has 0 aromatic heterocycles. The number of hydrogen-bond acceptors (Lipinski definition) is 0. The largest absolute Gasteiger partial charge is 0.102 e. The highest BCUT2D eigenvalue weighted by Gasteiger charge is 2.33. The minimum Gasteiger partial charge on any atom is -0.102 e. The zero-order valence-corrected chi connectivity index (χ0v) is 8.01. The van der Waals surface area contributed by atoms with Crippen LogP contribution >= 0.6 is 0 Å². The van der Waals surface area contributed by atoms with E-state index < -0.39 is 0 Å². The first kappa shape index (κ1) is 8.31. The van der Waals surface area contributed by atoms with Crippen LogP contribution in [0.3, 0.4) is 0 Å². The number of rotatable bonds is 1. The first-order valence-electron chi connectivity index (χ1n) is 4.58. The Kier molecular flexibility index (Phi) is 1.66. The second-order valence-corrected chi connectivity index (χ2v) is 3.93. The Morgan fingerprint density at radius 1 is 1.38 bits per heavy atom. The molecule has 0 saturated heterocycles. The van der Waals surface area contributed by atoms with Crippen LogP contribution in [0.1, 0.15) is 18.1 Å². The number of fused-ring (bicyclic) bond motifs is 1. The van der Waals surface area contributed by atoms with Crippen LogP contribution in [0, 0.1) is 5.41 Å². The number of hydrogen-bond donors (Lipinski definition) is 0. The van der Waals surface area contributed by atoms with Gasteiger partial charge in [0.25, 0.3) is 0 Å². The summed E-state index contributed by atoms with van der Waals surface area (Å²) in [6, 6.07) is 8.47. The van der Waals surface area contributed by atoms with Gasteiger partial charge in [-0.3, -0.25) is 0 Å². The summed E-state index contributed by atoms with van der Waals surface area (Å²) in [6.45, 7) is 10.2. The van der Waals surface area contributed by atoms with Crippen LogP contribution < -0.4 is 0 Å². The fourth-order valence-electron chi connectivity index (χ4n) is 1.97. The van der Waals surface area contributed by atoms with Gasteiger partial charge in [-0.1, -0.05) is 43.8 Å². The summed E-state index contributed by atoms with van der Waals surface area (Å²) < 4.78 is 0. The van der Waals surface area contributed by atoms with Gasteiger partial charge in [0.05, 0.1) is 0 Å². The van der Waals surface area contributed by atoms with Gasteiger partial charge in [-0.15, -0.1) is 6.58 Å². The molecule has 66 valence electrons. The van der Waals surface area contributed by atoms with Crippen LogP contribution in [-0.4, -0.2) is 0 Å². The van der Waals surface area contributed by atoms with Gasteiger partial charge in [0.1, 0.15) is 0 Å². The summed E-state index contributed by atoms with van der Waals surface area (Å²) in [5.41, 5.74) is 3.99. The minimum absolute atomic E-state index is 0.0731. The second kappa shape index (κ2) is 2.59. The van der Waals surface area contributed by atoms with E-state index in [9.17, 15) is 0 Å². The molecule has 1 aromatic rings. The quantitative estimate of drug-likeness (QED) is 0.566. The van der Waals surface area contributed by atoms with Crippen molar-refractivity contribution in [2.24, 2.45) is 5.41 Å². The molecule has 1 aromatic carbocycles. The Balaban J connectivity index is 2.55. The van der Waals surface area contributed by atoms with E-state index in [1.807, 2.05) is 6.08 Å². The fourth-order valence-corrected chi connectivity index (χ4v) is 1.97. The van der Waals surface area contributed by atoms with Crippen molar-refractivity contribution < 1.29 is 0 Å². The molecule has 0 aliphatic heterocycles. The van der Waals surface area contributed by atoms with Gasteiger partial charge < -0.3 is 0 Å². The molecule has 1 atom stereocenters. The average Bonchev–Trinajstić information content (AvgIpc) is 2.41. The van der Waals surface area contributed by atoms with Crippen LogP contribution in [-0.2, 0) is 6.42 Å². The van der Waals surface area contributed by atoms with Gasteiger partial charge in [-0.05, 0) is 23.1 Å². The second-order valence-electron chi connectivity index (χ2n) is 3.93. The maximum Gasteiger partial charge on any atom is 0.0142 e. The molecule has 1 unspecified atom stereocenters. The molecule has 0 spiro atoms. The number of allylic oxidation sites excluding steroid dienone is 2. The zero-order valence-electron chi connectivity index (χ0n) is 8.01. The average molecular weight is 170 g/mol. The first-order chi connectivity index (χ1) is 6.17. The Morgan fingerprint density at radius 3 is 2.69 bits per heavy atom. The summed E-state index contributed by atoms with van der Waals surface area (Å²) in [6.07, 6.45) is 3.06. The SMILES string of the molecule is C=CC1(C)Cc2ccccc2C1=C. The summed E-state index contributed by atoms with van der Waals surface area (Å²) >= 11 is 0. The maximum absolute atomic E-state index is 4.15. The Bertz CT molecular complexity index is 373. The monoisotopic (exact) mass is 170 g/mol. The van der Waals surface area contributed by atoms with Crippen LogP contribution in [0.25, 0.3) is 5.57 Å². The molecule has 0 heteroatoms. The van der Waals surface area contributed by atoms with E-state index in [1.165, 1.54) is 16.7 Å². The van der Waals surface area contributed by atoms with E-state index in [4.69, 9.17) is 0 Å². The smallest absolute Gasteiger partial charge is 0.0142 e. The summed E-state index contributed by atoms with van der Waals surface area (Å²) in [5.74, 6) is 0. The van der Waals surface area contributed by atoms with Crippen molar-refractivity contribution >= 4 is 5.57 Å². The van der Waals surface area contributed by atoms with Crippen LogP contribution in [0.4, 0.5) is 0 Å². The molecule has 0 nitrogen and oxygen atoms in total. The molecule has 0 saturated carbocycles. The van der Waals surface area contributed by atoms with E-state index in [2.05, 4.69) is 44.3 Å². The third kappa shape index (κ3) is 1.06. The van der Waals surface area contributed by atoms with Gasteiger partial charge in [0, 0.05) is 5.41 Å². The van der Waals surface area contributed by atoms with E-state index >= 15 is 0 Å². The van der Waals surface area contributed by atoms with E-state index in [1.54, 1.807) is 0 Å². The molecular weight excluding hydrogens is 156 g/mol. The Labute approximate surface area is 79.6 Å². The molecule has 0 bridgehead atoms. The summed E-state index contributed by atoms with van der Waals surface area (Å²) in [4.78, 5) is 0. The lowest BCUT2D eigenvalue weighted by Crippen LogP contribution is -2.10. The Morgan fingerprint density at radius 2 is 2.08 bits per heavy atom. The molecular formula is C13H14. The molecule has 1 aliphatic carbocycles. The third-order valence-electron chi connectivity index (χ3n) is 3.04. The highest BCUT2D eigenvalue weighted by molar-refractivity contribution is 5.76. The molecule has 0 N–H and O–H groups in total. The van der Waals surface area contributed by atoms with Gasteiger partial charge >= 0.3 is 0 Å². The van der Waals surface area contributed by atoms with E-state index in [0.29, 0.717) is 0 Å². The van der Waals surface area contributed by atoms with Crippen LogP contribution in [0.5, 0.6) is 0 Å². The summed E-state index contributed by atoms with van der Waals surface area (Å²) in [5, 5.41) is 0. The van der Waals surface area contributed by atoms with E-state index in [0.717, 1.165) is 6.42 Å². The number of benzene rings is 1. The normalized spacial score (nSPS) is 25.8. The van der Waals surface area contributed by atoms with Crippen molar-refractivity contribution in [2.45, 2.75) is 13.3 Å². The lowest BCUT2D eigenvalue weighted by atomic mass is 9.84. The molecule has 0 radical (unpaired) electrons. The third-order valence-corrected chi connectivity index (χ3v) is 3.04. The molecule has 0 heterocycles. The maximum atomic E-state index is 4.15. The van der Waals surface area contributed by atoms with Crippen molar-refractivity contribution in [1.29, 1.82) is 0 Å². The first-order valence-corrected chi connectivity index (χ1v) is 4.58. The zero-order chi connectivity index (χ0) is 9.47. The van der Waals surface area contributed by atoms with Crippen LogP contribution in [0.15, 0.2) is 43.5 Å². The lowest BCUT2D eigenvalue weighted by molar-refractivity contribution is 0.598. The van der Waals surface area contributed by atoms with Crippen molar-refractivity contribution in [3.05, 3.63) is 54.6 Å². The van der Waals surface area contributed by atoms with Gasteiger partial charge in [0.15, 0.2) is 0 Å². The molecule has 0 fully saturated rings. The minimum atomic E-state index is 0.0731. The van der Waals surface area contributed by atoms with Crippen LogP contribution in [0.2, 0.25) is 0 Å². The predicted molar refractivity (Wildman–Crippen MR) is 57.5 cm³/mol. The lowest BCUT2D eigenvalue weighted by Gasteiger charge is -2.19. The van der Waals surface area contributed by atoms with Crippen molar-refractivity contribution in [3.8, 4) is 0 Å². The van der Waals surface area contributed by atoms with Gasteiger partial charge in [-0.25, -0.2) is 0 Å². The van der Waals surface area contributed by atoms with Gasteiger partial charge in [0.2, 0.25) is 0 Å². The predicted octanol–water partition coefficient (Wildman–Crippen LogP) is 3.45. The topological polar surface area (TPSA) is 0 Å². The molecule has 13 heavy (non-hydrogen) atoms. The highest BCUT2D eigenvalue weighted by Crippen LogP contribution is 2.45. The highest BCUT2D eigenvalue weighted by atomic mass is 14.4. The van der Waals surface area contributed by atoms with Crippen molar-refractivity contribution in [3.63, 3.8) is 0 Å². The van der Waals surface area contributed by atoms with Crippen molar-refractivity contribution in [2.75, 3.05) is 0 Å². The standard InChI is InChI=1S/C13H14/c1-4-13(3)9-11-7-5-6-8-12(11)10(13)2/h4-8H,1-2,9H2,3H3. The van der Waals surface area contributed by atoms with E-state index in [-0.39, 0.29) is 5.41 Å².